The smallest absolute Gasteiger partial charge is 0.343 e. The highest BCUT2D eigenvalue weighted by Crippen LogP contribution is 2.30. The molecule has 4 aromatic carbocycles. The first-order valence-electron chi connectivity index (χ1n) is 8.05. The van der Waals surface area contributed by atoms with Gasteiger partial charge in [-0.3, -0.25) is 0 Å². The summed E-state index contributed by atoms with van der Waals surface area (Å²) in [5.41, 5.74) is 1.04. The maximum Gasteiger partial charge on any atom is 0.343 e. The van der Waals surface area contributed by atoms with Gasteiger partial charge in [0.05, 0.1) is 5.56 Å². The monoisotopic (exact) mass is 328 g/mol. The van der Waals surface area contributed by atoms with Crippen molar-refractivity contribution in [3.8, 4) is 11.5 Å². The summed E-state index contributed by atoms with van der Waals surface area (Å²) < 4.78 is 5.61. The van der Waals surface area contributed by atoms with Gasteiger partial charge in [0, 0.05) is 5.39 Å². The molecule has 0 saturated carbocycles. The molecule has 0 spiro atoms. The van der Waals surface area contributed by atoms with Gasteiger partial charge in [-0.15, -0.1) is 0 Å². The van der Waals surface area contributed by atoms with E-state index in [2.05, 4.69) is 12.1 Å². The van der Waals surface area contributed by atoms with E-state index in [1.165, 1.54) is 6.07 Å². The molecule has 0 saturated heterocycles. The molecule has 122 valence electrons. The molecule has 0 unspecified atom stereocenters. The van der Waals surface area contributed by atoms with Crippen molar-refractivity contribution in [2.75, 3.05) is 0 Å². The van der Waals surface area contributed by atoms with Crippen LogP contribution in [0.25, 0.3) is 21.5 Å². The molecule has 3 heteroatoms. The van der Waals surface area contributed by atoms with Crippen LogP contribution in [0.3, 0.4) is 0 Å². The SMILES string of the molecule is Cc1ccc(C(=O)Oc2cccc3cc4ccccc4cc23)cc1O. The molecule has 4 aromatic rings. The quantitative estimate of drug-likeness (QED) is 0.311. The van der Waals surface area contributed by atoms with Gasteiger partial charge in [0.1, 0.15) is 11.5 Å². The topological polar surface area (TPSA) is 46.5 Å². The third-order valence-corrected chi connectivity index (χ3v) is 4.35. The van der Waals surface area contributed by atoms with Gasteiger partial charge >= 0.3 is 5.97 Å². The van der Waals surface area contributed by atoms with Crippen LogP contribution in [-0.4, -0.2) is 11.1 Å². The first kappa shape index (κ1) is 15.2. The minimum atomic E-state index is -0.490. The molecule has 4 rings (SSSR count). The van der Waals surface area contributed by atoms with Crippen LogP contribution in [0.5, 0.6) is 11.5 Å². The number of carbonyl (C=O) groups is 1. The van der Waals surface area contributed by atoms with Crippen LogP contribution in [0, 0.1) is 6.92 Å². The van der Waals surface area contributed by atoms with E-state index in [9.17, 15) is 9.90 Å². The molecular weight excluding hydrogens is 312 g/mol. The highest BCUT2D eigenvalue weighted by Gasteiger charge is 2.13. The van der Waals surface area contributed by atoms with Gasteiger partial charge in [0.2, 0.25) is 0 Å². The maximum absolute atomic E-state index is 12.5. The zero-order valence-corrected chi connectivity index (χ0v) is 13.7. The Bertz CT molecular complexity index is 1110. The molecule has 0 aliphatic heterocycles. The van der Waals surface area contributed by atoms with Crippen molar-refractivity contribution < 1.29 is 14.6 Å². The van der Waals surface area contributed by atoms with Crippen LogP contribution in [0.4, 0.5) is 0 Å². The summed E-state index contributed by atoms with van der Waals surface area (Å²) in [5, 5.41) is 13.9. The number of phenols is 1. The van der Waals surface area contributed by atoms with Crippen LogP contribution < -0.4 is 4.74 Å². The Morgan fingerprint density at radius 1 is 0.840 bits per heavy atom. The van der Waals surface area contributed by atoms with Crippen molar-refractivity contribution in [1.29, 1.82) is 0 Å². The molecule has 0 atom stereocenters. The Hall–Kier alpha value is -3.33. The summed E-state index contributed by atoms with van der Waals surface area (Å²) in [6.07, 6.45) is 0. The number of phenolic OH excluding ortho intramolecular Hbond substituents is 1. The molecule has 0 fully saturated rings. The number of hydrogen-bond acceptors (Lipinski definition) is 3. The predicted molar refractivity (Wildman–Crippen MR) is 99.3 cm³/mol. The van der Waals surface area contributed by atoms with Gasteiger partial charge < -0.3 is 9.84 Å². The van der Waals surface area contributed by atoms with Gasteiger partial charge in [0.25, 0.3) is 0 Å². The lowest BCUT2D eigenvalue weighted by atomic mass is 10.0. The number of fused-ring (bicyclic) bond motifs is 2. The van der Waals surface area contributed by atoms with E-state index in [0.29, 0.717) is 16.9 Å². The fraction of sp³-hybridized carbons (Fsp3) is 0.0455. The number of ether oxygens (including phenoxy) is 1. The van der Waals surface area contributed by atoms with E-state index < -0.39 is 5.97 Å². The third kappa shape index (κ3) is 2.81. The van der Waals surface area contributed by atoms with Crippen molar-refractivity contribution in [3.63, 3.8) is 0 Å². The number of esters is 1. The fourth-order valence-electron chi connectivity index (χ4n) is 2.92. The number of aryl methyl sites for hydroxylation is 1. The average molecular weight is 328 g/mol. The van der Waals surface area contributed by atoms with Crippen LogP contribution in [0.15, 0.2) is 72.8 Å². The highest BCUT2D eigenvalue weighted by atomic mass is 16.5. The summed E-state index contributed by atoms with van der Waals surface area (Å²) in [6.45, 7) is 1.78. The van der Waals surface area contributed by atoms with Gasteiger partial charge in [-0.05, 0) is 59.0 Å². The minimum absolute atomic E-state index is 0.0818. The van der Waals surface area contributed by atoms with Gasteiger partial charge in [0.15, 0.2) is 0 Å². The Balaban J connectivity index is 1.76. The van der Waals surface area contributed by atoms with Gasteiger partial charge in [-0.1, -0.05) is 42.5 Å². The Kier molecular flexibility index (Phi) is 3.62. The molecule has 25 heavy (non-hydrogen) atoms. The molecule has 0 aromatic heterocycles. The van der Waals surface area contributed by atoms with Crippen molar-refractivity contribution >= 4 is 27.5 Å². The zero-order chi connectivity index (χ0) is 17.4. The van der Waals surface area contributed by atoms with Crippen molar-refractivity contribution in [1.82, 2.24) is 0 Å². The molecule has 0 aliphatic carbocycles. The molecule has 0 bridgehead atoms. The fourth-order valence-corrected chi connectivity index (χ4v) is 2.92. The Morgan fingerprint density at radius 2 is 1.56 bits per heavy atom. The lowest BCUT2D eigenvalue weighted by molar-refractivity contribution is 0.0736. The molecule has 3 nitrogen and oxygen atoms in total. The second kappa shape index (κ2) is 5.95. The first-order valence-corrected chi connectivity index (χ1v) is 8.05. The molecule has 0 amide bonds. The second-order valence-electron chi connectivity index (χ2n) is 6.07. The predicted octanol–water partition coefficient (Wildman–Crippen LogP) is 5.23. The number of hydrogen-bond donors (Lipinski definition) is 1. The van der Waals surface area contributed by atoms with Crippen molar-refractivity contribution in [3.05, 3.63) is 83.9 Å². The highest BCUT2D eigenvalue weighted by molar-refractivity contribution is 6.02. The Labute approximate surface area is 145 Å². The van der Waals surface area contributed by atoms with Crippen LogP contribution >= 0.6 is 0 Å². The maximum atomic E-state index is 12.5. The van der Waals surface area contributed by atoms with Crippen LogP contribution in [0.2, 0.25) is 0 Å². The lowest BCUT2D eigenvalue weighted by Crippen LogP contribution is -2.08. The summed E-state index contributed by atoms with van der Waals surface area (Å²) >= 11 is 0. The van der Waals surface area contributed by atoms with Crippen molar-refractivity contribution in [2.24, 2.45) is 0 Å². The van der Waals surface area contributed by atoms with Crippen molar-refractivity contribution in [2.45, 2.75) is 6.92 Å². The number of carbonyl (C=O) groups excluding carboxylic acids is 1. The molecule has 0 radical (unpaired) electrons. The standard InChI is InChI=1S/C22H16O3/c1-14-9-10-18(13-20(14)23)22(24)25-21-8-4-7-17-11-15-5-2-3-6-16(15)12-19(17)21/h2-13,23H,1H3. The van der Waals surface area contributed by atoms with Gasteiger partial charge in [-0.2, -0.15) is 0 Å². The summed E-state index contributed by atoms with van der Waals surface area (Å²) in [7, 11) is 0. The van der Waals surface area contributed by atoms with Crippen LogP contribution in [0.1, 0.15) is 15.9 Å². The summed E-state index contributed by atoms with van der Waals surface area (Å²) in [6, 6.07) is 22.6. The number of benzene rings is 4. The van der Waals surface area contributed by atoms with E-state index >= 15 is 0 Å². The lowest BCUT2D eigenvalue weighted by Gasteiger charge is -2.10. The Morgan fingerprint density at radius 3 is 2.32 bits per heavy atom. The molecule has 1 N–H and O–H groups in total. The summed E-state index contributed by atoms with van der Waals surface area (Å²) in [5.74, 6) is 0.0997. The molecular formula is C22H16O3. The number of rotatable bonds is 2. The van der Waals surface area contributed by atoms with E-state index in [0.717, 1.165) is 21.5 Å². The van der Waals surface area contributed by atoms with Crippen LogP contribution in [-0.2, 0) is 0 Å². The second-order valence-corrected chi connectivity index (χ2v) is 6.07. The minimum Gasteiger partial charge on any atom is -0.508 e. The van der Waals surface area contributed by atoms with E-state index in [1.54, 1.807) is 25.1 Å². The normalized spacial score (nSPS) is 10.9. The zero-order valence-electron chi connectivity index (χ0n) is 13.7. The van der Waals surface area contributed by atoms with E-state index in [4.69, 9.17) is 4.74 Å². The molecule has 0 aliphatic rings. The third-order valence-electron chi connectivity index (χ3n) is 4.35. The summed E-state index contributed by atoms with van der Waals surface area (Å²) in [4.78, 5) is 12.5. The van der Waals surface area contributed by atoms with E-state index in [1.807, 2.05) is 36.4 Å². The number of aromatic hydroxyl groups is 1. The largest absolute Gasteiger partial charge is 0.508 e. The van der Waals surface area contributed by atoms with E-state index in [-0.39, 0.29) is 5.75 Å². The average Bonchev–Trinajstić information content (AvgIpc) is 2.62. The molecule has 0 heterocycles. The first-order chi connectivity index (χ1) is 12.1. The van der Waals surface area contributed by atoms with Gasteiger partial charge in [-0.25, -0.2) is 4.79 Å².